The van der Waals surface area contributed by atoms with Crippen LogP contribution in [0, 0.1) is 5.82 Å². The zero-order valence-corrected chi connectivity index (χ0v) is 13.0. The smallest absolute Gasteiger partial charge is 0.258 e. The van der Waals surface area contributed by atoms with E-state index in [-0.39, 0.29) is 22.0 Å². The molecule has 0 radical (unpaired) electrons. The molecule has 2 aromatic rings. The van der Waals surface area contributed by atoms with Gasteiger partial charge in [0.1, 0.15) is 5.82 Å². The van der Waals surface area contributed by atoms with Crippen molar-refractivity contribution >= 4 is 38.9 Å². The van der Waals surface area contributed by atoms with Crippen molar-refractivity contribution in [3.05, 3.63) is 58.9 Å². The Morgan fingerprint density at radius 2 is 1.77 bits per heavy atom. The minimum atomic E-state index is -3.51. The maximum absolute atomic E-state index is 13.7. The van der Waals surface area contributed by atoms with Gasteiger partial charge in [-0.15, -0.1) is 0 Å². The molecule has 0 aromatic heterocycles. The lowest BCUT2D eigenvalue weighted by atomic mass is 10.2. The summed E-state index contributed by atoms with van der Waals surface area (Å²) < 4.78 is 38.5. The number of sulfonamides is 1. The molecule has 8 heteroatoms. The highest BCUT2D eigenvalue weighted by atomic mass is 35.5. The third-order valence-electron chi connectivity index (χ3n) is 2.64. The molecule has 116 valence electrons. The van der Waals surface area contributed by atoms with Crippen molar-refractivity contribution in [1.29, 1.82) is 0 Å². The Hall–Kier alpha value is -2.12. The van der Waals surface area contributed by atoms with E-state index in [2.05, 4.69) is 10.0 Å². The number of halogens is 2. The van der Waals surface area contributed by atoms with Gasteiger partial charge in [-0.25, -0.2) is 12.8 Å². The summed E-state index contributed by atoms with van der Waals surface area (Å²) in [4.78, 5) is 12.1. The molecule has 0 atom stereocenters. The number of para-hydroxylation sites is 2. The van der Waals surface area contributed by atoms with Crippen molar-refractivity contribution in [3.8, 4) is 0 Å². The van der Waals surface area contributed by atoms with E-state index >= 15 is 0 Å². The molecule has 0 spiro atoms. The first kappa shape index (κ1) is 16.3. The Kier molecular flexibility index (Phi) is 4.68. The molecule has 0 unspecified atom stereocenters. The van der Waals surface area contributed by atoms with Gasteiger partial charge in [-0.1, -0.05) is 23.7 Å². The van der Waals surface area contributed by atoms with Crippen LogP contribution in [-0.4, -0.2) is 20.6 Å². The fourth-order valence-electron chi connectivity index (χ4n) is 1.74. The number of anilines is 2. The topological polar surface area (TPSA) is 75.3 Å². The molecule has 0 saturated carbocycles. The minimum absolute atomic E-state index is 0.181. The summed E-state index contributed by atoms with van der Waals surface area (Å²) in [5.41, 5.74) is 0.153. The second-order valence-corrected chi connectivity index (χ2v) is 6.68. The zero-order valence-electron chi connectivity index (χ0n) is 11.4. The molecule has 1 amide bonds. The molecule has 0 fully saturated rings. The van der Waals surface area contributed by atoms with Gasteiger partial charge in [0.2, 0.25) is 10.0 Å². The normalized spacial score (nSPS) is 11.0. The second-order valence-electron chi connectivity index (χ2n) is 4.50. The number of hydrogen-bond donors (Lipinski definition) is 2. The number of rotatable bonds is 4. The van der Waals surface area contributed by atoms with Crippen molar-refractivity contribution in [2.45, 2.75) is 0 Å². The van der Waals surface area contributed by atoms with Crippen LogP contribution in [0.2, 0.25) is 5.02 Å². The SMILES string of the molecule is CS(=O)(=O)Nc1ccccc1NC(=O)c1cc(Cl)ccc1F. The van der Waals surface area contributed by atoms with Gasteiger partial charge in [0.25, 0.3) is 5.91 Å². The molecule has 2 rings (SSSR count). The van der Waals surface area contributed by atoms with E-state index in [9.17, 15) is 17.6 Å². The van der Waals surface area contributed by atoms with Crippen LogP contribution in [-0.2, 0) is 10.0 Å². The van der Waals surface area contributed by atoms with Gasteiger partial charge in [-0.2, -0.15) is 0 Å². The van der Waals surface area contributed by atoms with Crippen LogP contribution in [0.5, 0.6) is 0 Å². The third kappa shape index (κ3) is 4.19. The van der Waals surface area contributed by atoms with Gasteiger partial charge < -0.3 is 5.32 Å². The van der Waals surface area contributed by atoms with Gasteiger partial charge in [0.05, 0.1) is 23.2 Å². The highest BCUT2D eigenvalue weighted by Crippen LogP contribution is 2.23. The fraction of sp³-hybridized carbons (Fsp3) is 0.0714. The lowest BCUT2D eigenvalue weighted by Crippen LogP contribution is -2.17. The predicted octanol–water partition coefficient (Wildman–Crippen LogP) is 3.10. The molecule has 0 aliphatic carbocycles. The monoisotopic (exact) mass is 342 g/mol. The summed E-state index contributed by atoms with van der Waals surface area (Å²) in [5, 5.41) is 2.67. The van der Waals surface area contributed by atoms with Gasteiger partial charge >= 0.3 is 0 Å². The lowest BCUT2D eigenvalue weighted by Gasteiger charge is -2.12. The molecular formula is C14H12ClFN2O3S. The van der Waals surface area contributed by atoms with E-state index in [0.717, 1.165) is 12.3 Å². The zero-order chi connectivity index (χ0) is 16.3. The second kappa shape index (κ2) is 6.33. The third-order valence-corrected chi connectivity index (χ3v) is 3.47. The molecule has 0 saturated heterocycles. The first-order valence-corrected chi connectivity index (χ1v) is 8.36. The van der Waals surface area contributed by atoms with Crippen LogP contribution in [0.15, 0.2) is 42.5 Å². The van der Waals surface area contributed by atoms with Crippen molar-refractivity contribution in [2.24, 2.45) is 0 Å². The molecule has 2 aromatic carbocycles. The van der Waals surface area contributed by atoms with E-state index in [1.54, 1.807) is 12.1 Å². The van der Waals surface area contributed by atoms with Crippen LogP contribution in [0.1, 0.15) is 10.4 Å². The first-order valence-electron chi connectivity index (χ1n) is 6.09. The summed E-state index contributed by atoms with van der Waals surface area (Å²) >= 11 is 5.74. The maximum Gasteiger partial charge on any atom is 0.258 e. The number of benzene rings is 2. The molecule has 22 heavy (non-hydrogen) atoms. The average Bonchev–Trinajstić information content (AvgIpc) is 2.42. The van der Waals surface area contributed by atoms with Crippen molar-refractivity contribution in [1.82, 2.24) is 0 Å². The summed E-state index contributed by atoms with van der Waals surface area (Å²) in [6, 6.07) is 9.78. The molecule has 0 heterocycles. The number of carbonyl (C=O) groups is 1. The highest BCUT2D eigenvalue weighted by molar-refractivity contribution is 7.92. The lowest BCUT2D eigenvalue weighted by molar-refractivity contribution is 0.102. The van der Waals surface area contributed by atoms with Crippen molar-refractivity contribution in [2.75, 3.05) is 16.3 Å². The number of nitrogens with one attached hydrogen (secondary N) is 2. The van der Waals surface area contributed by atoms with Crippen LogP contribution in [0.4, 0.5) is 15.8 Å². The maximum atomic E-state index is 13.7. The Balaban J connectivity index is 2.31. The summed E-state index contributed by atoms with van der Waals surface area (Å²) in [6.07, 6.45) is 0.988. The number of amides is 1. The average molecular weight is 343 g/mol. The summed E-state index contributed by atoms with van der Waals surface area (Å²) in [5.74, 6) is -1.46. The Morgan fingerprint density at radius 1 is 1.14 bits per heavy atom. The predicted molar refractivity (Wildman–Crippen MR) is 84.3 cm³/mol. The van der Waals surface area contributed by atoms with Gasteiger partial charge in [-0.05, 0) is 30.3 Å². The largest absolute Gasteiger partial charge is 0.320 e. The first-order chi connectivity index (χ1) is 10.3. The quantitative estimate of drug-likeness (QED) is 0.896. The summed E-state index contributed by atoms with van der Waals surface area (Å²) in [7, 11) is -3.51. The van der Waals surface area contributed by atoms with E-state index in [0.29, 0.717) is 0 Å². The Labute approximate surface area is 132 Å². The van der Waals surface area contributed by atoms with Crippen molar-refractivity contribution < 1.29 is 17.6 Å². The van der Waals surface area contributed by atoms with Crippen LogP contribution in [0.3, 0.4) is 0 Å². The van der Waals surface area contributed by atoms with E-state index in [1.165, 1.54) is 24.3 Å². The van der Waals surface area contributed by atoms with E-state index < -0.39 is 21.7 Å². The number of carbonyl (C=O) groups excluding carboxylic acids is 1. The minimum Gasteiger partial charge on any atom is -0.320 e. The van der Waals surface area contributed by atoms with Gasteiger partial charge in [0, 0.05) is 5.02 Å². The van der Waals surface area contributed by atoms with E-state index in [1.807, 2.05) is 0 Å². The fourth-order valence-corrected chi connectivity index (χ4v) is 2.49. The van der Waals surface area contributed by atoms with Crippen LogP contribution >= 0.6 is 11.6 Å². The molecule has 0 bridgehead atoms. The summed E-state index contributed by atoms with van der Waals surface area (Å²) in [6.45, 7) is 0. The Bertz CT molecular complexity index is 825. The number of hydrogen-bond acceptors (Lipinski definition) is 3. The molecule has 2 N–H and O–H groups in total. The standard InChI is InChI=1S/C14H12ClFN2O3S/c1-22(20,21)18-13-5-3-2-4-12(13)17-14(19)10-8-9(15)6-7-11(10)16/h2-8,18H,1H3,(H,17,19). The van der Waals surface area contributed by atoms with Crippen LogP contribution < -0.4 is 10.0 Å². The van der Waals surface area contributed by atoms with Crippen LogP contribution in [0.25, 0.3) is 0 Å². The molecule has 0 aliphatic rings. The van der Waals surface area contributed by atoms with Crippen molar-refractivity contribution in [3.63, 3.8) is 0 Å². The highest BCUT2D eigenvalue weighted by Gasteiger charge is 2.15. The van der Waals surface area contributed by atoms with E-state index in [4.69, 9.17) is 11.6 Å². The van der Waals surface area contributed by atoms with Gasteiger partial charge in [0.15, 0.2) is 0 Å². The molecular weight excluding hydrogens is 331 g/mol. The van der Waals surface area contributed by atoms with Gasteiger partial charge in [-0.3, -0.25) is 9.52 Å². The molecule has 0 aliphatic heterocycles. The Morgan fingerprint density at radius 3 is 2.41 bits per heavy atom. The molecule has 5 nitrogen and oxygen atoms in total.